The molecule has 0 radical (unpaired) electrons. The van der Waals surface area contributed by atoms with E-state index in [1.807, 2.05) is 19.1 Å². The van der Waals surface area contributed by atoms with Crippen LogP contribution in [0.15, 0.2) is 18.2 Å². The highest BCUT2D eigenvalue weighted by Crippen LogP contribution is 2.11. The van der Waals surface area contributed by atoms with E-state index < -0.39 is 0 Å². The summed E-state index contributed by atoms with van der Waals surface area (Å²) in [6, 6.07) is 5.91. The lowest BCUT2D eigenvalue weighted by atomic mass is 10.1. The minimum Gasteiger partial charge on any atom is -0.309 e. The Morgan fingerprint density at radius 3 is 3.00 bits per heavy atom. The molecular formula is C14H21FN2. The van der Waals surface area contributed by atoms with E-state index in [1.54, 1.807) is 6.07 Å². The fourth-order valence-corrected chi connectivity index (χ4v) is 2.41. The molecule has 1 unspecified atom stereocenters. The van der Waals surface area contributed by atoms with Crippen LogP contribution in [-0.2, 0) is 6.54 Å². The molecule has 1 aliphatic rings. The SMILES string of the molecule is Cc1cc(CNC2CCCN(C)C2)ccc1F. The van der Waals surface area contributed by atoms with E-state index in [1.165, 1.54) is 19.4 Å². The summed E-state index contributed by atoms with van der Waals surface area (Å²) in [5.74, 6) is -0.119. The van der Waals surface area contributed by atoms with Crippen LogP contribution < -0.4 is 5.32 Å². The third kappa shape index (κ3) is 3.51. The van der Waals surface area contributed by atoms with E-state index in [0.717, 1.165) is 24.2 Å². The van der Waals surface area contributed by atoms with E-state index in [0.29, 0.717) is 6.04 Å². The van der Waals surface area contributed by atoms with E-state index in [2.05, 4.69) is 17.3 Å². The number of likely N-dealkylation sites (tertiary alicyclic amines) is 1. The van der Waals surface area contributed by atoms with Crippen molar-refractivity contribution >= 4 is 0 Å². The molecule has 1 aromatic rings. The summed E-state index contributed by atoms with van der Waals surface area (Å²) in [6.45, 7) is 4.96. The highest BCUT2D eigenvalue weighted by atomic mass is 19.1. The topological polar surface area (TPSA) is 15.3 Å². The minimum absolute atomic E-state index is 0.119. The van der Waals surface area contributed by atoms with Gasteiger partial charge in [0, 0.05) is 19.1 Å². The van der Waals surface area contributed by atoms with Gasteiger partial charge >= 0.3 is 0 Å². The van der Waals surface area contributed by atoms with Gasteiger partial charge in [0.25, 0.3) is 0 Å². The van der Waals surface area contributed by atoms with Crippen molar-refractivity contribution in [3.63, 3.8) is 0 Å². The minimum atomic E-state index is -0.119. The number of rotatable bonds is 3. The summed E-state index contributed by atoms with van der Waals surface area (Å²) in [7, 11) is 2.16. The van der Waals surface area contributed by atoms with Crippen LogP contribution in [0.4, 0.5) is 4.39 Å². The van der Waals surface area contributed by atoms with Crippen LogP contribution in [0.1, 0.15) is 24.0 Å². The molecule has 1 heterocycles. The Morgan fingerprint density at radius 1 is 1.47 bits per heavy atom. The van der Waals surface area contributed by atoms with Crippen molar-refractivity contribution in [3.8, 4) is 0 Å². The largest absolute Gasteiger partial charge is 0.309 e. The van der Waals surface area contributed by atoms with Gasteiger partial charge in [0.05, 0.1) is 0 Å². The molecule has 0 bridgehead atoms. The smallest absolute Gasteiger partial charge is 0.126 e. The molecule has 1 saturated heterocycles. The monoisotopic (exact) mass is 236 g/mol. The first-order valence-electron chi connectivity index (χ1n) is 6.32. The van der Waals surface area contributed by atoms with Gasteiger partial charge in [-0.1, -0.05) is 12.1 Å². The molecule has 3 heteroatoms. The lowest BCUT2D eigenvalue weighted by Gasteiger charge is -2.30. The van der Waals surface area contributed by atoms with Crippen LogP contribution in [0, 0.1) is 12.7 Å². The second-order valence-electron chi connectivity index (χ2n) is 5.07. The van der Waals surface area contributed by atoms with Crippen molar-refractivity contribution in [1.82, 2.24) is 10.2 Å². The van der Waals surface area contributed by atoms with Gasteiger partial charge in [0.15, 0.2) is 0 Å². The van der Waals surface area contributed by atoms with E-state index in [9.17, 15) is 4.39 Å². The van der Waals surface area contributed by atoms with Crippen molar-refractivity contribution in [2.45, 2.75) is 32.4 Å². The summed E-state index contributed by atoms with van der Waals surface area (Å²) in [5.41, 5.74) is 1.89. The van der Waals surface area contributed by atoms with E-state index in [4.69, 9.17) is 0 Å². The Bertz CT molecular complexity index is 378. The first-order chi connectivity index (χ1) is 8.15. The summed E-state index contributed by atoms with van der Waals surface area (Å²) < 4.78 is 13.1. The molecule has 94 valence electrons. The van der Waals surface area contributed by atoms with Crippen molar-refractivity contribution < 1.29 is 4.39 Å². The highest BCUT2D eigenvalue weighted by molar-refractivity contribution is 5.23. The van der Waals surface area contributed by atoms with Crippen LogP contribution in [0.2, 0.25) is 0 Å². The molecule has 0 amide bonds. The molecule has 2 nitrogen and oxygen atoms in total. The fraction of sp³-hybridized carbons (Fsp3) is 0.571. The maximum absolute atomic E-state index is 13.1. The van der Waals surface area contributed by atoms with Crippen LogP contribution in [0.5, 0.6) is 0 Å². The summed E-state index contributed by atoms with van der Waals surface area (Å²) >= 11 is 0. The van der Waals surface area contributed by atoms with Gasteiger partial charge in [-0.3, -0.25) is 0 Å². The predicted octanol–water partition coefficient (Wildman–Crippen LogP) is 2.32. The predicted molar refractivity (Wildman–Crippen MR) is 68.5 cm³/mol. The zero-order chi connectivity index (χ0) is 12.3. The second kappa shape index (κ2) is 5.61. The Morgan fingerprint density at radius 2 is 2.29 bits per heavy atom. The van der Waals surface area contributed by atoms with Gasteiger partial charge in [-0.15, -0.1) is 0 Å². The number of hydrogen-bond acceptors (Lipinski definition) is 2. The molecular weight excluding hydrogens is 215 g/mol. The molecule has 0 saturated carbocycles. The Labute approximate surface area is 103 Å². The first-order valence-corrected chi connectivity index (χ1v) is 6.32. The molecule has 1 fully saturated rings. The van der Waals surface area contributed by atoms with Crippen molar-refractivity contribution in [2.24, 2.45) is 0 Å². The van der Waals surface area contributed by atoms with Crippen LogP contribution in [0.3, 0.4) is 0 Å². The lowest BCUT2D eigenvalue weighted by Crippen LogP contribution is -2.43. The van der Waals surface area contributed by atoms with Gasteiger partial charge in [-0.25, -0.2) is 4.39 Å². The van der Waals surface area contributed by atoms with Crippen LogP contribution in [-0.4, -0.2) is 31.1 Å². The van der Waals surface area contributed by atoms with Gasteiger partial charge in [0.1, 0.15) is 5.82 Å². The molecule has 17 heavy (non-hydrogen) atoms. The second-order valence-corrected chi connectivity index (χ2v) is 5.07. The van der Waals surface area contributed by atoms with E-state index >= 15 is 0 Å². The van der Waals surface area contributed by atoms with Crippen molar-refractivity contribution in [2.75, 3.05) is 20.1 Å². The zero-order valence-electron chi connectivity index (χ0n) is 10.7. The number of hydrogen-bond donors (Lipinski definition) is 1. The molecule has 2 rings (SSSR count). The van der Waals surface area contributed by atoms with Gasteiger partial charge in [-0.2, -0.15) is 0 Å². The highest BCUT2D eigenvalue weighted by Gasteiger charge is 2.16. The molecule has 1 aliphatic heterocycles. The summed E-state index contributed by atoms with van der Waals surface area (Å²) in [6.07, 6.45) is 2.50. The Kier molecular flexibility index (Phi) is 4.13. The van der Waals surface area contributed by atoms with Crippen molar-refractivity contribution in [3.05, 3.63) is 35.1 Å². The van der Waals surface area contributed by atoms with Crippen molar-refractivity contribution in [1.29, 1.82) is 0 Å². The van der Waals surface area contributed by atoms with Gasteiger partial charge < -0.3 is 10.2 Å². The molecule has 1 atom stereocenters. The Balaban J connectivity index is 1.86. The fourth-order valence-electron chi connectivity index (χ4n) is 2.41. The quantitative estimate of drug-likeness (QED) is 0.866. The normalized spacial score (nSPS) is 21.7. The van der Waals surface area contributed by atoms with Gasteiger partial charge in [0.2, 0.25) is 0 Å². The van der Waals surface area contributed by atoms with Crippen LogP contribution >= 0.6 is 0 Å². The summed E-state index contributed by atoms with van der Waals surface area (Å²) in [4.78, 5) is 2.36. The maximum Gasteiger partial charge on any atom is 0.126 e. The molecule has 0 spiro atoms. The number of aryl methyl sites for hydroxylation is 1. The number of nitrogens with zero attached hydrogens (tertiary/aromatic N) is 1. The molecule has 1 aromatic carbocycles. The molecule has 0 aliphatic carbocycles. The average molecular weight is 236 g/mol. The van der Waals surface area contributed by atoms with E-state index in [-0.39, 0.29) is 5.82 Å². The third-order valence-corrected chi connectivity index (χ3v) is 3.44. The average Bonchev–Trinajstić information content (AvgIpc) is 2.31. The standard InChI is InChI=1S/C14H21FN2/c1-11-8-12(5-6-14(11)15)9-16-13-4-3-7-17(2)10-13/h5-6,8,13,16H,3-4,7,9-10H2,1-2H3. The lowest BCUT2D eigenvalue weighted by molar-refractivity contribution is 0.226. The number of nitrogens with one attached hydrogen (secondary N) is 1. The number of benzene rings is 1. The van der Waals surface area contributed by atoms with Crippen LogP contribution in [0.25, 0.3) is 0 Å². The van der Waals surface area contributed by atoms with Gasteiger partial charge in [-0.05, 0) is 50.6 Å². The zero-order valence-corrected chi connectivity index (χ0v) is 10.7. The number of piperidine rings is 1. The molecule has 1 N–H and O–H groups in total. The first kappa shape index (κ1) is 12.5. The number of likely N-dealkylation sites (N-methyl/N-ethyl adjacent to an activating group) is 1. The third-order valence-electron chi connectivity index (χ3n) is 3.44. The number of halogens is 1. The summed E-state index contributed by atoms with van der Waals surface area (Å²) in [5, 5.41) is 3.55. The Hall–Kier alpha value is -0.930. The maximum atomic E-state index is 13.1. The molecule has 0 aromatic heterocycles.